The van der Waals surface area contributed by atoms with Crippen molar-refractivity contribution in [1.82, 2.24) is 4.98 Å². The van der Waals surface area contributed by atoms with Crippen LogP contribution in [0, 0.1) is 18.3 Å². The molecular formula is C12H17N3S. The van der Waals surface area contributed by atoms with Gasteiger partial charge in [0.15, 0.2) is 0 Å². The number of aryl methyl sites for hydroxylation is 1. The van der Waals surface area contributed by atoms with Crippen molar-refractivity contribution in [2.45, 2.75) is 26.3 Å². The molecule has 0 fully saturated rings. The van der Waals surface area contributed by atoms with E-state index in [1.54, 1.807) is 6.20 Å². The summed E-state index contributed by atoms with van der Waals surface area (Å²) in [6.45, 7) is 4.04. The SMILES string of the molecule is CSCCC(C)Nc1nccc(C)c1C#N. The van der Waals surface area contributed by atoms with Crippen LogP contribution in [0.4, 0.5) is 5.82 Å². The van der Waals surface area contributed by atoms with Gasteiger partial charge in [-0.1, -0.05) is 0 Å². The summed E-state index contributed by atoms with van der Waals surface area (Å²) in [5, 5.41) is 12.3. The van der Waals surface area contributed by atoms with E-state index >= 15 is 0 Å². The minimum atomic E-state index is 0.342. The van der Waals surface area contributed by atoms with E-state index in [1.807, 2.05) is 24.8 Å². The van der Waals surface area contributed by atoms with Crippen molar-refractivity contribution < 1.29 is 0 Å². The normalized spacial score (nSPS) is 11.9. The quantitative estimate of drug-likeness (QED) is 0.852. The Kier molecular flexibility index (Phi) is 5.13. The van der Waals surface area contributed by atoms with Crippen molar-refractivity contribution in [2.24, 2.45) is 0 Å². The van der Waals surface area contributed by atoms with Crippen LogP contribution in [0.15, 0.2) is 12.3 Å². The highest BCUT2D eigenvalue weighted by Crippen LogP contribution is 2.17. The highest BCUT2D eigenvalue weighted by molar-refractivity contribution is 7.98. The monoisotopic (exact) mass is 235 g/mol. The van der Waals surface area contributed by atoms with Crippen molar-refractivity contribution in [2.75, 3.05) is 17.3 Å². The Labute approximate surface area is 101 Å². The van der Waals surface area contributed by atoms with Crippen LogP contribution in [0.5, 0.6) is 0 Å². The van der Waals surface area contributed by atoms with E-state index in [0.717, 1.165) is 17.7 Å². The van der Waals surface area contributed by atoms with Gasteiger partial charge >= 0.3 is 0 Å². The topological polar surface area (TPSA) is 48.7 Å². The van der Waals surface area contributed by atoms with Gasteiger partial charge in [-0.05, 0) is 43.9 Å². The van der Waals surface area contributed by atoms with E-state index in [4.69, 9.17) is 5.26 Å². The molecule has 0 aromatic carbocycles. The number of anilines is 1. The molecule has 4 heteroatoms. The third-order valence-corrected chi connectivity index (χ3v) is 3.05. The molecule has 0 saturated heterocycles. The molecule has 3 nitrogen and oxygen atoms in total. The van der Waals surface area contributed by atoms with Crippen molar-refractivity contribution in [3.63, 3.8) is 0 Å². The fourth-order valence-corrected chi connectivity index (χ4v) is 2.00. The summed E-state index contributed by atoms with van der Waals surface area (Å²) < 4.78 is 0. The molecule has 1 atom stereocenters. The van der Waals surface area contributed by atoms with Crippen LogP contribution in [-0.4, -0.2) is 23.0 Å². The van der Waals surface area contributed by atoms with Crippen molar-refractivity contribution >= 4 is 17.6 Å². The van der Waals surface area contributed by atoms with Crippen LogP contribution >= 0.6 is 11.8 Å². The molecule has 0 radical (unpaired) electrons. The van der Waals surface area contributed by atoms with Crippen LogP contribution in [0.3, 0.4) is 0 Å². The minimum absolute atomic E-state index is 0.342. The minimum Gasteiger partial charge on any atom is -0.366 e. The molecule has 1 unspecified atom stereocenters. The van der Waals surface area contributed by atoms with E-state index in [2.05, 4.69) is 29.5 Å². The molecule has 0 spiro atoms. The molecule has 1 aromatic heterocycles. The Morgan fingerprint density at radius 3 is 3.00 bits per heavy atom. The largest absolute Gasteiger partial charge is 0.366 e. The van der Waals surface area contributed by atoms with E-state index in [0.29, 0.717) is 17.4 Å². The second kappa shape index (κ2) is 6.39. The van der Waals surface area contributed by atoms with Crippen LogP contribution in [-0.2, 0) is 0 Å². The number of rotatable bonds is 5. The van der Waals surface area contributed by atoms with E-state index in [1.165, 1.54) is 0 Å². The fraction of sp³-hybridized carbons (Fsp3) is 0.500. The zero-order valence-corrected chi connectivity index (χ0v) is 10.8. The molecule has 0 aliphatic carbocycles. The molecule has 0 amide bonds. The van der Waals surface area contributed by atoms with Crippen LogP contribution < -0.4 is 5.32 Å². The number of aromatic nitrogens is 1. The van der Waals surface area contributed by atoms with Crippen molar-refractivity contribution in [3.05, 3.63) is 23.4 Å². The number of nitrogens with one attached hydrogen (secondary N) is 1. The Hall–Kier alpha value is -1.21. The molecule has 0 aliphatic rings. The Morgan fingerprint density at radius 1 is 1.62 bits per heavy atom. The maximum atomic E-state index is 9.05. The summed E-state index contributed by atoms with van der Waals surface area (Å²) in [7, 11) is 0. The molecule has 1 rings (SSSR count). The standard InChI is InChI=1S/C12H17N3S/c1-9-4-6-14-12(11(9)8-13)15-10(2)5-7-16-3/h4,6,10H,5,7H2,1-3H3,(H,14,15). The molecule has 86 valence electrons. The first-order valence-electron chi connectivity index (χ1n) is 5.30. The average Bonchev–Trinajstić information content (AvgIpc) is 2.27. The van der Waals surface area contributed by atoms with Crippen molar-refractivity contribution in [3.8, 4) is 6.07 Å². The summed E-state index contributed by atoms with van der Waals surface area (Å²) in [5.74, 6) is 1.82. The highest BCUT2D eigenvalue weighted by Gasteiger charge is 2.09. The van der Waals surface area contributed by atoms with Gasteiger partial charge in [-0.15, -0.1) is 0 Å². The number of hydrogen-bond donors (Lipinski definition) is 1. The first-order chi connectivity index (χ1) is 7.69. The third kappa shape index (κ3) is 3.42. The number of thioether (sulfide) groups is 1. The highest BCUT2D eigenvalue weighted by atomic mass is 32.2. The maximum absolute atomic E-state index is 9.05. The molecule has 1 N–H and O–H groups in total. The van der Waals surface area contributed by atoms with Gasteiger partial charge in [0.1, 0.15) is 11.9 Å². The van der Waals surface area contributed by atoms with Gasteiger partial charge in [0.25, 0.3) is 0 Å². The predicted octanol–water partition coefficient (Wildman–Crippen LogP) is 2.82. The van der Waals surface area contributed by atoms with E-state index in [-0.39, 0.29) is 0 Å². The van der Waals surface area contributed by atoms with Crippen LogP contribution in [0.1, 0.15) is 24.5 Å². The van der Waals surface area contributed by atoms with Crippen LogP contribution in [0.2, 0.25) is 0 Å². The maximum Gasteiger partial charge on any atom is 0.144 e. The van der Waals surface area contributed by atoms with Gasteiger partial charge in [-0.25, -0.2) is 4.98 Å². The number of pyridine rings is 1. The Bertz CT molecular complexity index is 384. The summed E-state index contributed by atoms with van der Waals surface area (Å²) in [6.07, 6.45) is 4.90. The van der Waals surface area contributed by atoms with E-state index in [9.17, 15) is 0 Å². The zero-order valence-electron chi connectivity index (χ0n) is 9.95. The van der Waals surface area contributed by atoms with Gasteiger partial charge in [0, 0.05) is 12.2 Å². The lowest BCUT2D eigenvalue weighted by Gasteiger charge is -2.15. The van der Waals surface area contributed by atoms with Gasteiger partial charge < -0.3 is 5.32 Å². The lowest BCUT2D eigenvalue weighted by atomic mass is 10.1. The summed E-state index contributed by atoms with van der Waals surface area (Å²) in [5.41, 5.74) is 1.62. The van der Waals surface area contributed by atoms with Gasteiger partial charge in [-0.3, -0.25) is 0 Å². The van der Waals surface area contributed by atoms with E-state index < -0.39 is 0 Å². The third-order valence-electron chi connectivity index (χ3n) is 2.41. The summed E-state index contributed by atoms with van der Waals surface area (Å²) in [6, 6.07) is 4.39. The lowest BCUT2D eigenvalue weighted by molar-refractivity contribution is 0.766. The molecule has 16 heavy (non-hydrogen) atoms. The molecule has 0 saturated carbocycles. The Balaban J connectivity index is 2.74. The van der Waals surface area contributed by atoms with Gasteiger partial charge in [0.05, 0.1) is 5.56 Å². The zero-order chi connectivity index (χ0) is 12.0. The smallest absolute Gasteiger partial charge is 0.144 e. The first-order valence-corrected chi connectivity index (χ1v) is 6.69. The second-order valence-corrected chi connectivity index (χ2v) is 4.78. The number of hydrogen-bond acceptors (Lipinski definition) is 4. The van der Waals surface area contributed by atoms with Gasteiger partial charge in [-0.2, -0.15) is 17.0 Å². The molecule has 0 aliphatic heterocycles. The Morgan fingerprint density at radius 2 is 2.38 bits per heavy atom. The molecular weight excluding hydrogens is 218 g/mol. The summed E-state index contributed by atoms with van der Waals surface area (Å²) >= 11 is 1.83. The fourth-order valence-electron chi connectivity index (χ4n) is 1.41. The lowest BCUT2D eigenvalue weighted by Crippen LogP contribution is -2.18. The summed E-state index contributed by atoms with van der Waals surface area (Å²) in [4.78, 5) is 4.22. The molecule has 1 heterocycles. The first kappa shape index (κ1) is 12.9. The molecule has 1 aromatic rings. The van der Waals surface area contributed by atoms with Crippen LogP contribution in [0.25, 0.3) is 0 Å². The second-order valence-electron chi connectivity index (χ2n) is 3.79. The van der Waals surface area contributed by atoms with Gasteiger partial charge in [0.2, 0.25) is 0 Å². The predicted molar refractivity (Wildman–Crippen MR) is 69.8 cm³/mol. The number of nitrogens with zero attached hydrogens (tertiary/aromatic N) is 2. The van der Waals surface area contributed by atoms with Crippen molar-refractivity contribution in [1.29, 1.82) is 5.26 Å². The number of nitriles is 1. The average molecular weight is 235 g/mol. The molecule has 0 bridgehead atoms.